The second kappa shape index (κ2) is 3.91. The van der Waals surface area contributed by atoms with Crippen molar-refractivity contribution in [2.24, 2.45) is 0 Å². The van der Waals surface area contributed by atoms with E-state index in [4.69, 9.17) is 5.21 Å². The fourth-order valence-electron chi connectivity index (χ4n) is 1.51. The highest BCUT2D eigenvalue weighted by atomic mass is 16.5. The first kappa shape index (κ1) is 7.98. The quantitative estimate of drug-likeness (QED) is 0.494. The van der Waals surface area contributed by atoms with Crippen molar-refractivity contribution in [1.29, 1.82) is 0 Å². The Morgan fingerprint density at radius 3 is 2.00 bits per heavy atom. The van der Waals surface area contributed by atoms with E-state index >= 15 is 0 Å². The molecule has 0 spiro atoms. The van der Waals surface area contributed by atoms with Gasteiger partial charge in [-0.15, -0.1) is 0 Å². The average molecular weight is 144 g/mol. The molecule has 0 aromatic rings. The first-order valence-electron chi connectivity index (χ1n) is 3.93. The summed E-state index contributed by atoms with van der Waals surface area (Å²) in [5.41, 5.74) is 2.32. The molecule has 0 aliphatic heterocycles. The maximum atomic E-state index is 8.58. The summed E-state index contributed by atoms with van der Waals surface area (Å²) in [6.45, 7) is 0. The van der Waals surface area contributed by atoms with Gasteiger partial charge in [-0.2, -0.15) is 0 Å². The highest BCUT2D eigenvalue weighted by Crippen LogP contribution is 2.17. The Kier molecular flexibility index (Phi) is 3.12. The third-order valence-electron chi connectivity index (χ3n) is 2.32. The standard InChI is InChI=1S/C7H16N2O/c1-8-6-2-4-7(9-10)5-3-6/h6-10H,2-5H2,1H3. The van der Waals surface area contributed by atoms with Crippen LogP contribution in [0.25, 0.3) is 0 Å². The third-order valence-corrected chi connectivity index (χ3v) is 2.32. The van der Waals surface area contributed by atoms with Crippen LogP contribution in [0.1, 0.15) is 25.7 Å². The summed E-state index contributed by atoms with van der Waals surface area (Å²) in [7, 11) is 2.00. The molecule has 3 N–H and O–H groups in total. The molecule has 10 heavy (non-hydrogen) atoms. The zero-order valence-electron chi connectivity index (χ0n) is 6.43. The number of hydrogen-bond donors (Lipinski definition) is 3. The minimum Gasteiger partial charge on any atom is -0.317 e. The lowest BCUT2D eigenvalue weighted by molar-refractivity contribution is 0.102. The summed E-state index contributed by atoms with van der Waals surface area (Å²) in [5.74, 6) is 0. The van der Waals surface area contributed by atoms with Crippen LogP contribution in [-0.2, 0) is 0 Å². The Hall–Kier alpha value is -0.120. The molecule has 1 rings (SSSR count). The van der Waals surface area contributed by atoms with Crippen molar-refractivity contribution in [3.8, 4) is 0 Å². The SMILES string of the molecule is CNC1CCC(NO)CC1. The lowest BCUT2D eigenvalue weighted by atomic mass is 9.92. The van der Waals surface area contributed by atoms with Gasteiger partial charge in [0.05, 0.1) is 0 Å². The lowest BCUT2D eigenvalue weighted by Crippen LogP contribution is -2.37. The van der Waals surface area contributed by atoms with Crippen LogP contribution >= 0.6 is 0 Å². The molecule has 1 fully saturated rings. The Morgan fingerprint density at radius 1 is 1.10 bits per heavy atom. The Bertz CT molecular complexity index is 77.6. The van der Waals surface area contributed by atoms with Crippen LogP contribution < -0.4 is 10.8 Å². The molecule has 0 unspecified atom stereocenters. The summed E-state index contributed by atoms with van der Waals surface area (Å²) < 4.78 is 0. The van der Waals surface area contributed by atoms with Crippen LogP contribution in [0.2, 0.25) is 0 Å². The predicted molar refractivity (Wildman–Crippen MR) is 40.0 cm³/mol. The Morgan fingerprint density at radius 2 is 1.60 bits per heavy atom. The van der Waals surface area contributed by atoms with E-state index in [0.717, 1.165) is 12.8 Å². The van der Waals surface area contributed by atoms with Gasteiger partial charge in [-0.25, -0.2) is 5.48 Å². The van der Waals surface area contributed by atoms with E-state index in [-0.39, 0.29) is 0 Å². The Balaban J connectivity index is 2.17. The van der Waals surface area contributed by atoms with Crippen LogP contribution in [0, 0.1) is 0 Å². The second-order valence-corrected chi connectivity index (χ2v) is 2.97. The molecule has 0 aromatic carbocycles. The molecule has 0 heterocycles. The maximum Gasteiger partial charge on any atom is 0.0320 e. The van der Waals surface area contributed by atoms with E-state index in [0.29, 0.717) is 12.1 Å². The number of rotatable bonds is 2. The van der Waals surface area contributed by atoms with Crippen LogP contribution in [0.4, 0.5) is 0 Å². The van der Waals surface area contributed by atoms with Gasteiger partial charge >= 0.3 is 0 Å². The second-order valence-electron chi connectivity index (χ2n) is 2.97. The minimum atomic E-state index is 0.338. The fraction of sp³-hybridized carbons (Fsp3) is 1.00. The van der Waals surface area contributed by atoms with Crippen molar-refractivity contribution in [3.63, 3.8) is 0 Å². The smallest absolute Gasteiger partial charge is 0.0320 e. The first-order valence-corrected chi connectivity index (χ1v) is 3.93. The van der Waals surface area contributed by atoms with E-state index in [1.807, 2.05) is 7.05 Å². The van der Waals surface area contributed by atoms with Crippen molar-refractivity contribution in [2.75, 3.05) is 7.05 Å². The van der Waals surface area contributed by atoms with Crippen molar-refractivity contribution in [1.82, 2.24) is 10.8 Å². The lowest BCUT2D eigenvalue weighted by Gasteiger charge is -2.26. The number of hydroxylamine groups is 1. The van der Waals surface area contributed by atoms with Gasteiger partial charge in [-0.1, -0.05) is 0 Å². The summed E-state index contributed by atoms with van der Waals surface area (Å²) in [5, 5.41) is 11.8. The van der Waals surface area contributed by atoms with Gasteiger partial charge in [0, 0.05) is 12.1 Å². The summed E-state index contributed by atoms with van der Waals surface area (Å²) in [4.78, 5) is 0. The van der Waals surface area contributed by atoms with Gasteiger partial charge in [-0.3, -0.25) is 0 Å². The number of nitrogens with one attached hydrogen (secondary N) is 2. The van der Waals surface area contributed by atoms with Crippen LogP contribution in [0.5, 0.6) is 0 Å². The van der Waals surface area contributed by atoms with Gasteiger partial charge in [0.1, 0.15) is 0 Å². The molecule has 3 nitrogen and oxygen atoms in total. The van der Waals surface area contributed by atoms with Crippen LogP contribution in [0.3, 0.4) is 0 Å². The molecule has 0 saturated heterocycles. The van der Waals surface area contributed by atoms with Crippen molar-refractivity contribution < 1.29 is 5.21 Å². The molecule has 1 aliphatic carbocycles. The summed E-state index contributed by atoms with van der Waals surface area (Å²) in [6, 6.07) is 1.01. The molecule has 0 amide bonds. The molecule has 0 bridgehead atoms. The zero-order chi connectivity index (χ0) is 7.40. The van der Waals surface area contributed by atoms with Gasteiger partial charge < -0.3 is 10.5 Å². The molecule has 0 atom stereocenters. The minimum absolute atomic E-state index is 0.338. The van der Waals surface area contributed by atoms with Crippen LogP contribution in [-0.4, -0.2) is 24.3 Å². The van der Waals surface area contributed by atoms with Gasteiger partial charge in [0.15, 0.2) is 0 Å². The van der Waals surface area contributed by atoms with Crippen molar-refractivity contribution >= 4 is 0 Å². The monoisotopic (exact) mass is 144 g/mol. The van der Waals surface area contributed by atoms with Crippen molar-refractivity contribution in [3.05, 3.63) is 0 Å². The topological polar surface area (TPSA) is 44.3 Å². The summed E-state index contributed by atoms with van der Waals surface area (Å²) in [6.07, 6.45) is 4.52. The molecule has 60 valence electrons. The van der Waals surface area contributed by atoms with E-state index in [9.17, 15) is 0 Å². The molecule has 1 aliphatic rings. The average Bonchev–Trinajstić information content (AvgIpc) is 2.05. The highest BCUT2D eigenvalue weighted by molar-refractivity contribution is 4.77. The van der Waals surface area contributed by atoms with E-state index < -0.39 is 0 Å². The largest absolute Gasteiger partial charge is 0.317 e. The molecular weight excluding hydrogens is 128 g/mol. The predicted octanol–water partition coefficient (Wildman–Crippen LogP) is 0.496. The van der Waals surface area contributed by atoms with Gasteiger partial charge in [-0.05, 0) is 32.7 Å². The Labute approximate surface area is 61.8 Å². The van der Waals surface area contributed by atoms with Crippen molar-refractivity contribution in [2.45, 2.75) is 37.8 Å². The molecule has 0 aromatic heterocycles. The summed E-state index contributed by atoms with van der Waals surface area (Å²) >= 11 is 0. The van der Waals surface area contributed by atoms with E-state index in [1.54, 1.807) is 0 Å². The van der Waals surface area contributed by atoms with Crippen LogP contribution in [0.15, 0.2) is 0 Å². The highest BCUT2D eigenvalue weighted by Gasteiger charge is 2.18. The van der Waals surface area contributed by atoms with E-state index in [2.05, 4.69) is 10.8 Å². The molecule has 0 radical (unpaired) electrons. The van der Waals surface area contributed by atoms with E-state index in [1.165, 1.54) is 12.8 Å². The normalized spacial score (nSPS) is 34.2. The molecular formula is C7H16N2O. The fourth-order valence-corrected chi connectivity index (χ4v) is 1.51. The molecule has 1 saturated carbocycles. The first-order chi connectivity index (χ1) is 4.86. The molecule has 3 heteroatoms. The van der Waals surface area contributed by atoms with Gasteiger partial charge in [0.2, 0.25) is 0 Å². The zero-order valence-corrected chi connectivity index (χ0v) is 6.43. The van der Waals surface area contributed by atoms with Gasteiger partial charge in [0.25, 0.3) is 0 Å². The number of hydrogen-bond acceptors (Lipinski definition) is 3. The maximum absolute atomic E-state index is 8.58. The third kappa shape index (κ3) is 1.94.